The van der Waals surface area contributed by atoms with Crippen molar-refractivity contribution in [1.82, 2.24) is 0 Å². The van der Waals surface area contributed by atoms with Crippen LogP contribution in [0.1, 0.15) is 18.1 Å². The second-order valence-corrected chi connectivity index (χ2v) is 5.27. The van der Waals surface area contributed by atoms with Gasteiger partial charge in [0.2, 0.25) is 0 Å². The highest BCUT2D eigenvalue weighted by Gasteiger charge is 2.12. The van der Waals surface area contributed by atoms with E-state index in [1.165, 1.54) is 24.3 Å². The molecule has 0 unspecified atom stereocenters. The number of halogens is 1. The summed E-state index contributed by atoms with van der Waals surface area (Å²) in [5.41, 5.74) is 1.83. The number of nitrogens with zero attached hydrogens (tertiary/aromatic N) is 1. The smallest absolute Gasteiger partial charge is 0.266 e. The van der Waals surface area contributed by atoms with E-state index in [4.69, 9.17) is 11.6 Å². The highest BCUT2D eigenvalue weighted by atomic mass is 35.5. The van der Waals surface area contributed by atoms with Crippen molar-refractivity contribution in [3.05, 3.63) is 64.2 Å². The number of hydrogen-bond acceptors (Lipinski definition) is 3. The fraction of sp³-hybridized carbons (Fsp3) is 0.111. The van der Waals surface area contributed by atoms with Gasteiger partial charge in [-0.2, -0.15) is 5.26 Å². The molecule has 0 fully saturated rings. The number of carbonyl (C=O) groups is 1. The molecule has 2 aromatic carbocycles. The molecule has 0 saturated carbocycles. The van der Waals surface area contributed by atoms with Crippen LogP contribution in [-0.4, -0.2) is 11.0 Å². The third-order valence-corrected chi connectivity index (χ3v) is 3.54. The third-order valence-electron chi connectivity index (χ3n) is 3.30. The van der Waals surface area contributed by atoms with Crippen molar-refractivity contribution >= 4 is 29.3 Å². The van der Waals surface area contributed by atoms with E-state index in [1.54, 1.807) is 6.07 Å². The number of aryl methyl sites for hydroxylation is 1. The predicted octanol–water partition coefficient (Wildman–Crippen LogP) is 4.15. The van der Waals surface area contributed by atoms with Gasteiger partial charge in [0, 0.05) is 16.3 Å². The molecular formula is C18H15ClN2O2. The Bertz CT molecular complexity index is 807. The molecule has 0 spiro atoms. The molecule has 0 bridgehead atoms. The lowest BCUT2D eigenvalue weighted by Crippen LogP contribution is -2.14. The molecule has 116 valence electrons. The second-order valence-electron chi connectivity index (χ2n) is 4.84. The Morgan fingerprint density at radius 3 is 2.78 bits per heavy atom. The molecule has 1 amide bonds. The summed E-state index contributed by atoms with van der Waals surface area (Å²) in [6.07, 6.45) is 2.07. The summed E-state index contributed by atoms with van der Waals surface area (Å²) in [6, 6.07) is 13.7. The highest BCUT2D eigenvalue weighted by molar-refractivity contribution is 6.30. The first-order valence-electron chi connectivity index (χ1n) is 7.04. The number of hydrogen-bond donors (Lipinski definition) is 2. The van der Waals surface area contributed by atoms with Crippen LogP contribution < -0.4 is 5.32 Å². The van der Waals surface area contributed by atoms with Gasteiger partial charge >= 0.3 is 0 Å². The van der Waals surface area contributed by atoms with Gasteiger partial charge in [-0.25, -0.2) is 0 Å². The summed E-state index contributed by atoms with van der Waals surface area (Å²) in [4.78, 5) is 12.3. The number of nitrogens with one attached hydrogen (secondary N) is 1. The van der Waals surface area contributed by atoms with Gasteiger partial charge in [0.25, 0.3) is 5.91 Å². The molecule has 0 aliphatic rings. The Balaban J connectivity index is 2.30. The maximum absolute atomic E-state index is 12.3. The number of aromatic hydroxyl groups is 1. The number of anilines is 1. The molecule has 0 saturated heterocycles. The summed E-state index contributed by atoms with van der Waals surface area (Å²) in [5, 5.41) is 22.1. The summed E-state index contributed by atoms with van der Waals surface area (Å²) >= 11 is 5.87. The van der Waals surface area contributed by atoms with Gasteiger partial charge in [-0.3, -0.25) is 4.79 Å². The van der Waals surface area contributed by atoms with E-state index in [9.17, 15) is 15.2 Å². The minimum absolute atomic E-state index is 0.0519. The number of rotatable bonds is 4. The molecule has 0 aliphatic heterocycles. The topological polar surface area (TPSA) is 73.1 Å². The van der Waals surface area contributed by atoms with Crippen LogP contribution >= 0.6 is 11.6 Å². The van der Waals surface area contributed by atoms with Gasteiger partial charge < -0.3 is 10.4 Å². The van der Waals surface area contributed by atoms with Crippen molar-refractivity contribution in [3.8, 4) is 11.8 Å². The lowest BCUT2D eigenvalue weighted by molar-refractivity contribution is -0.112. The molecule has 0 heterocycles. The molecule has 23 heavy (non-hydrogen) atoms. The Morgan fingerprint density at radius 2 is 2.09 bits per heavy atom. The molecule has 5 heteroatoms. The predicted molar refractivity (Wildman–Crippen MR) is 91.2 cm³/mol. The van der Waals surface area contributed by atoms with Crippen molar-refractivity contribution < 1.29 is 9.90 Å². The molecule has 0 aromatic heterocycles. The van der Waals surface area contributed by atoms with Crippen LogP contribution in [0.2, 0.25) is 5.02 Å². The summed E-state index contributed by atoms with van der Waals surface area (Å²) in [5.74, 6) is -0.586. The van der Waals surface area contributed by atoms with Gasteiger partial charge in [0.05, 0.1) is 0 Å². The summed E-state index contributed by atoms with van der Waals surface area (Å²) in [7, 11) is 0. The zero-order chi connectivity index (χ0) is 16.8. The Morgan fingerprint density at radius 1 is 1.35 bits per heavy atom. The minimum atomic E-state index is -0.534. The number of phenols is 1. The summed E-state index contributed by atoms with van der Waals surface area (Å²) < 4.78 is 0. The molecule has 2 rings (SSSR count). The quantitative estimate of drug-likeness (QED) is 0.654. The van der Waals surface area contributed by atoms with Gasteiger partial charge in [0.15, 0.2) is 0 Å². The van der Waals surface area contributed by atoms with Gasteiger partial charge in [-0.05, 0) is 42.3 Å². The van der Waals surface area contributed by atoms with Crippen LogP contribution in [0.4, 0.5) is 5.69 Å². The minimum Gasteiger partial charge on any atom is -0.507 e. The first kappa shape index (κ1) is 16.6. The van der Waals surface area contributed by atoms with Gasteiger partial charge in [0.1, 0.15) is 17.4 Å². The van der Waals surface area contributed by atoms with Crippen molar-refractivity contribution in [2.45, 2.75) is 13.3 Å². The van der Waals surface area contributed by atoms with Crippen LogP contribution in [0.15, 0.2) is 48.0 Å². The van der Waals surface area contributed by atoms with Crippen LogP contribution in [0.25, 0.3) is 6.08 Å². The van der Waals surface area contributed by atoms with E-state index in [-0.39, 0.29) is 11.3 Å². The van der Waals surface area contributed by atoms with Crippen molar-refractivity contribution in [1.29, 1.82) is 5.26 Å². The van der Waals surface area contributed by atoms with E-state index in [2.05, 4.69) is 5.32 Å². The van der Waals surface area contributed by atoms with Crippen molar-refractivity contribution in [2.24, 2.45) is 0 Å². The Labute approximate surface area is 139 Å². The van der Waals surface area contributed by atoms with Crippen LogP contribution in [-0.2, 0) is 11.2 Å². The maximum Gasteiger partial charge on any atom is 0.266 e. The molecule has 2 N–H and O–H groups in total. The number of nitriles is 1. The second kappa shape index (κ2) is 7.48. The zero-order valence-corrected chi connectivity index (χ0v) is 13.3. The molecule has 0 radical (unpaired) electrons. The standard InChI is InChI=1S/C18H15ClN2O2/c1-2-12-5-3-4-6-16(12)21-18(23)14(11-20)9-13-10-15(19)7-8-17(13)22/h3-10,22H,2H2,1H3,(H,21,23)/b14-9+. The van der Waals surface area contributed by atoms with E-state index in [1.807, 2.05) is 31.2 Å². The van der Waals surface area contributed by atoms with E-state index in [0.717, 1.165) is 12.0 Å². The fourth-order valence-electron chi connectivity index (χ4n) is 2.09. The van der Waals surface area contributed by atoms with Crippen molar-refractivity contribution in [3.63, 3.8) is 0 Å². The molecule has 0 aliphatic carbocycles. The van der Waals surface area contributed by atoms with Crippen LogP contribution in [0, 0.1) is 11.3 Å². The maximum atomic E-state index is 12.3. The van der Waals surface area contributed by atoms with E-state index < -0.39 is 5.91 Å². The number of phenolic OH excluding ortho intramolecular Hbond substituents is 1. The van der Waals surface area contributed by atoms with Gasteiger partial charge in [-0.15, -0.1) is 0 Å². The number of benzene rings is 2. The van der Waals surface area contributed by atoms with Crippen LogP contribution in [0.5, 0.6) is 5.75 Å². The van der Waals surface area contributed by atoms with E-state index in [0.29, 0.717) is 16.3 Å². The lowest BCUT2D eigenvalue weighted by atomic mass is 10.1. The van der Waals surface area contributed by atoms with Crippen molar-refractivity contribution in [2.75, 3.05) is 5.32 Å². The monoisotopic (exact) mass is 326 g/mol. The lowest BCUT2D eigenvalue weighted by Gasteiger charge is -2.09. The largest absolute Gasteiger partial charge is 0.507 e. The molecule has 2 aromatic rings. The Kier molecular flexibility index (Phi) is 5.40. The first-order valence-corrected chi connectivity index (χ1v) is 7.42. The number of para-hydroxylation sites is 1. The Hall–Kier alpha value is -2.77. The van der Waals surface area contributed by atoms with Crippen LogP contribution in [0.3, 0.4) is 0 Å². The third kappa shape index (κ3) is 4.12. The summed E-state index contributed by atoms with van der Waals surface area (Å²) in [6.45, 7) is 1.98. The van der Waals surface area contributed by atoms with E-state index >= 15 is 0 Å². The normalized spacial score (nSPS) is 10.9. The average Bonchev–Trinajstić information content (AvgIpc) is 2.56. The molecule has 4 nitrogen and oxygen atoms in total. The average molecular weight is 327 g/mol. The SMILES string of the molecule is CCc1ccccc1NC(=O)/C(C#N)=C/c1cc(Cl)ccc1O. The first-order chi connectivity index (χ1) is 11.0. The highest BCUT2D eigenvalue weighted by Crippen LogP contribution is 2.24. The molecule has 0 atom stereocenters. The number of amides is 1. The fourth-order valence-corrected chi connectivity index (χ4v) is 2.27. The molecular weight excluding hydrogens is 312 g/mol. The number of carbonyl (C=O) groups excluding carboxylic acids is 1. The van der Waals surface area contributed by atoms with Gasteiger partial charge in [-0.1, -0.05) is 36.7 Å². The zero-order valence-electron chi connectivity index (χ0n) is 12.5.